The molecule has 0 saturated heterocycles. The molecule has 2 rings (SSSR count). The van der Waals surface area contributed by atoms with Gasteiger partial charge in [-0.1, -0.05) is 24.3 Å². The van der Waals surface area contributed by atoms with E-state index in [9.17, 15) is 9.50 Å². The lowest BCUT2D eigenvalue weighted by atomic mass is 9.97. The molecule has 68 valence electrons. The average molecular weight is 178 g/mol. The number of benzene rings is 1. The fourth-order valence-corrected chi connectivity index (χ4v) is 1.66. The fourth-order valence-electron chi connectivity index (χ4n) is 1.66. The molecule has 0 unspecified atom stereocenters. The predicted octanol–water partition coefficient (Wildman–Crippen LogP) is 2.23. The van der Waals surface area contributed by atoms with Crippen molar-refractivity contribution >= 4 is 0 Å². The highest BCUT2D eigenvalue weighted by Crippen LogP contribution is 2.28. The molecule has 0 aliphatic heterocycles. The Bertz CT molecular complexity index is 315. The van der Waals surface area contributed by atoms with Crippen molar-refractivity contribution in [2.24, 2.45) is 0 Å². The van der Waals surface area contributed by atoms with Gasteiger partial charge in [-0.2, -0.15) is 0 Å². The van der Waals surface area contributed by atoms with Crippen LogP contribution in [0.2, 0.25) is 0 Å². The highest BCUT2D eigenvalue weighted by atomic mass is 19.1. The Morgan fingerprint density at radius 1 is 1.23 bits per heavy atom. The number of rotatable bonds is 1. The first-order valence-electron chi connectivity index (χ1n) is 4.37. The SMILES string of the molecule is O[C@H]1CC=C[C@H]1c1ccc(F)cc1. The molecule has 0 radical (unpaired) electrons. The first-order valence-corrected chi connectivity index (χ1v) is 4.37. The van der Waals surface area contributed by atoms with E-state index in [2.05, 4.69) is 0 Å². The normalized spacial score (nSPS) is 26.6. The van der Waals surface area contributed by atoms with Crippen LogP contribution in [0.25, 0.3) is 0 Å². The van der Waals surface area contributed by atoms with E-state index < -0.39 is 0 Å². The van der Waals surface area contributed by atoms with Gasteiger partial charge in [-0.05, 0) is 24.1 Å². The molecule has 0 bridgehead atoms. The van der Waals surface area contributed by atoms with Crippen LogP contribution in [-0.2, 0) is 0 Å². The maximum absolute atomic E-state index is 12.6. The largest absolute Gasteiger partial charge is 0.392 e. The molecule has 1 aliphatic rings. The molecule has 1 N–H and O–H groups in total. The van der Waals surface area contributed by atoms with Crippen LogP contribution >= 0.6 is 0 Å². The van der Waals surface area contributed by atoms with Crippen molar-refractivity contribution in [3.8, 4) is 0 Å². The van der Waals surface area contributed by atoms with E-state index >= 15 is 0 Å². The molecule has 0 amide bonds. The summed E-state index contributed by atoms with van der Waals surface area (Å²) in [5.74, 6) is -0.194. The summed E-state index contributed by atoms with van der Waals surface area (Å²) in [6.07, 6.45) is 4.28. The van der Waals surface area contributed by atoms with Crippen LogP contribution in [0.15, 0.2) is 36.4 Å². The van der Waals surface area contributed by atoms with Gasteiger partial charge in [0.1, 0.15) is 5.82 Å². The quantitative estimate of drug-likeness (QED) is 0.654. The maximum Gasteiger partial charge on any atom is 0.123 e. The van der Waals surface area contributed by atoms with Gasteiger partial charge in [0.25, 0.3) is 0 Å². The zero-order chi connectivity index (χ0) is 9.26. The molecule has 1 aromatic carbocycles. The number of hydrogen-bond donors (Lipinski definition) is 1. The lowest BCUT2D eigenvalue weighted by Crippen LogP contribution is -2.11. The van der Waals surface area contributed by atoms with Crippen LogP contribution in [0.3, 0.4) is 0 Å². The molecule has 0 heterocycles. The zero-order valence-electron chi connectivity index (χ0n) is 7.15. The van der Waals surface area contributed by atoms with Gasteiger partial charge in [0.15, 0.2) is 0 Å². The van der Waals surface area contributed by atoms with Gasteiger partial charge >= 0.3 is 0 Å². The monoisotopic (exact) mass is 178 g/mol. The number of aliphatic hydroxyl groups excluding tert-OH is 1. The summed E-state index contributed by atoms with van der Waals surface area (Å²) >= 11 is 0. The van der Waals surface area contributed by atoms with Crippen LogP contribution in [0.4, 0.5) is 4.39 Å². The predicted molar refractivity (Wildman–Crippen MR) is 48.9 cm³/mol. The molecule has 13 heavy (non-hydrogen) atoms. The minimum atomic E-state index is -0.342. The third-order valence-electron chi connectivity index (χ3n) is 2.39. The summed E-state index contributed by atoms with van der Waals surface area (Å²) in [5.41, 5.74) is 0.975. The molecule has 2 heteroatoms. The standard InChI is InChI=1S/C11H11FO/c12-9-6-4-8(5-7-9)10-2-1-3-11(10)13/h1-2,4-7,10-11,13H,3H2/t10-,11-/m0/s1. The molecule has 1 aromatic rings. The summed E-state index contributed by atoms with van der Waals surface area (Å²) in [5, 5.41) is 9.56. The van der Waals surface area contributed by atoms with E-state index in [1.807, 2.05) is 12.2 Å². The summed E-state index contributed by atoms with van der Waals surface area (Å²) in [4.78, 5) is 0. The molecule has 2 atom stereocenters. The minimum Gasteiger partial charge on any atom is -0.392 e. The Balaban J connectivity index is 2.25. The third-order valence-corrected chi connectivity index (χ3v) is 2.39. The van der Waals surface area contributed by atoms with Crippen molar-refractivity contribution in [2.45, 2.75) is 18.4 Å². The third kappa shape index (κ3) is 1.63. The number of halogens is 1. The van der Waals surface area contributed by atoms with Crippen molar-refractivity contribution in [1.82, 2.24) is 0 Å². The van der Waals surface area contributed by atoms with Crippen molar-refractivity contribution < 1.29 is 9.50 Å². The van der Waals surface area contributed by atoms with Gasteiger partial charge in [-0.15, -0.1) is 0 Å². The van der Waals surface area contributed by atoms with Crippen LogP contribution in [0.5, 0.6) is 0 Å². The molecular weight excluding hydrogens is 167 g/mol. The smallest absolute Gasteiger partial charge is 0.123 e. The minimum absolute atomic E-state index is 0.0422. The Morgan fingerprint density at radius 3 is 2.46 bits per heavy atom. The topological polar surface area (TPSA) is 20.2 Å². The Kier molecular flexibility index (Phi) is 2.15. The van der Waals surface area contributed by atoms with E-state index in [1.54, 1.807) is 12.1 Å². The fraction of sp³-hybridized carbons (Fsp3) is 0.273. The van der Waals surface area contributed by atoms with Crippen molar-refractivity contribution in [3.63, 3.8) is 0 Å². The van der Waals surface area contributed by atoms with Crippen LogP contribution in [0.1, 0.15) is 17.9 Å². The number of hydrogen-bond acceptors (Lipinski definition) is 1. The van der Waals surface area contributed by atoms with Gasteiger partial charge < -0.3 is 5.11 Å². The summed E-state index contributed by atoms with van der Waals surface area (Å²) in [6, 6.07) is 6.29. The van der Waals surface area contributed by atoms with Crippen LogP contribution in [0, 0.1) is 5.82 Å². The molecular formula is C11H11FO. The molecule has 1 aliphatic carbocycles. The maximum atomic E-state index is 12.6. The van der Waals surface area contributed by atoms with E-state index in [0.29, 0.717) is 6.42 Å². The molecule has 0 aromatic heterocycles. The first-order chi connectivity index (χ1) is 6.27. The summed E-state index contributed by atoms with van der Waals surface area (Å²) in [7, 11) is 0. The lowest BCUT2D eigenvalue weighted by Gasteiger charge is -2.13. The van der Waals surface area contributed by atoms with Gasteiger partial charge in [0, 0.05) is 5.92 Å². The van der Waals surface area contributed by atoms with Gasteiger partial charge in [-0.25, -0.2) is 4.39 Å². The van der Waals surface area contributed by atoms with Crippen molar-refractivity contribution in [1.29, 1.82) is 0 Å². The second-order valence-electron chi connectivity index (χ2n) is 3.31. The van der Waals surface area contributed by atoms with E-state index in [4.69, 9.17) is 0 Å². The lowest BCUT2D eigenvalue weighted by molar-refractivity contribution is 0.171. The molecule has 1 nitrogen and oxygen atoms in total. The van der Waals surface area contributed by atoms with E-state index in [0.717, 1.165) is 5.56 Å². The molecule has 0 fully saturated rings. The van der Waals surface area contributed by atoms with Gasteiger partial charge in [0.05, 0.1) is 6.10 Å². The Hall–Kier alpha value is -1.15. The molecule has 0 saturated carbocycles. The highest BCUT2D eigenvalue weighted by Gasteiger charge is 2.21. The average Bonchev–Trinajstić information content (AvgIpc) is 2.53. The van der Waals surface area contributed by atoms with Gasteiger partial charge in [0.2, 0.25) is 0 Å². The van der Waals surface area contributed by atoms with E-state index in [1.165, 1.54) is 12.1 Å². The van der Waals surface area contributed by atoms with Crippen molar-refractivity contribution in [3.05, 3.63) is 47.8 Å². The molecule has 0 spiro atoms. The second kappa shape index (κ2) is 3.30. The number of aliphatic hydroxyl groups is 1. The Morgan fingerprint density at radius 2 is 1.92 bits per heavy atom. The zero-order valence-corrected chi connectivity index (χ0v) is 7.15. The Labute approximate surface area is 76.5 Å². The van der Waals surface area contributed by atoms with Crippen molar-refractivity contribution in [2.75, 3.05) is 0 Å². The summed E-state index contributed by atoms with van der Waals surface area (Å²) in [6.45, 7) is 0. The van der Waals surface area contributed by atoms with E-state index in [-0.39, 0.29) is 17.8 Å². The first kappa shape index (κ1) is 8.45. The summed E-state index contributed by atoms with van der Waals surface area (Å²) < 4.78 is 12.6. The highest BCUT2D eigenvalue weighted by molar-refractivity contribution is 5.28. The van der Waals surface area contributed by atoms with Crippen LogP contribution < -0.4 is 0 Å². The van der Waals surface area contributed by atoms with Gasteiger partial charge in [-0.3, -0.25) is 0 Å². The second-order valence-corrected chi connectivity index (χ2v) is 3.31. The van der Waals surface area contributed by atoms with Crippen LogP contribution in [-0.4, -0.2) is 11.2 Å².